The van der Waals surface area contributed by atoms with Crippen LogP contribution in [0.1, 0.15) is 44.9 Å². The maximum absolute atomic E-state index is 6.20. The van der Waals surface area contributed by atoms with E-state index in [-0.39, 0.29) is 5.60 Å². The monoisotopic (exact) mass is 274 g/mol. The number of hydrogen-bond acceptors (Lipinski definition) is 3. The Morgan fingerprint density at radius 1 is 1.15 bits per heavy atom. The van der Waals surface area contributed by atoms with Crippen molar-refractivity contribution in [3.05, 3.63) is 24.3 Å². The molecule has 1 aromatic rings. The number of rotatable bonds is 2. The Bertz CT molecular complexity index is 431. The Morgan fingerprint density at radius 2 is 1.85 bits per heavy atom. The lowest BCUT2D eigenvalue weighted by Gasteiger charge is -2.46. The molecule has 3 nitrogen and oxygen atoms in total. The van der Waals surface area contributed by atoms with Gasteiger partial charge in [-0.3, -0.25) is 0 Å². The second-order valence-electron chi connectivity index (χ2n) is 6.44. The summed E-state index contributed by atoms with van der Waals surface area (Å²) >= 11 is 0. The van der Waals surface area contributed by atoms with Crippen LogP contribution in [0, 0.1) is 0 Å². The summed E-state index contributed by atoms with van der Waals surface area (Å²) in [6.45, 7) is 0.907. The average Bonchev–Trinajstić information content (AvgIpc) is 2.48. The van der Waals surface area contributed by atoms with Crippen LogP contribution in [-0.4, -0.2) is 25.3 Å². The summed E-state index contributed by atoms with van der Waals surface area (Å²) in [4.78, 5) is 2.41. The first kappa shape index (κ1) is 13.7. The van der Waals surface area contributed by atoms with E-state index >= 15 is 0 Å². The number of nitrogens with two attached hydrogens (primary N) is 1. The van der Waals surface area contributed by atoms with E-state index in [9.17, 15) is 0 Å². The Balaban J connectivity index is 1.71. The number of anilines is 2. The van der Waals surface area contributed by atoms with Crippen LogP contribution in [0.3, 0.4) is 0 Å². The Morgan fingerprint density at radius 3 is 2.55 bits per heavy atom. The first-order chi connectivity index (χ1) is 9.69. The fourth-order valence-electron chi connectivity index (χ4n) is 3.80. The van der Waals surface area contributed by atoms with E-state index in [4.69, 9.17) is 10.5 Å². The van der Waals surface area contributed by atoms with E-state index in [1.165, 1.54) is 44.2 Å². The smallest absolute Gasteiger partial charge is 0.0702 e. The minimum absolute atomic E-state index is 0.170. The van der Waals surface area contributed by atoms with Gasteiger partial charge in [-0.15, -0.1) is 0 Å². The second-order valence-corrected chi connectivity index (χ2v) is 6.44. The van der Waals surface area contributed by atoms with Gasteiger partial charge in [0.15, 0.2) is 0 Å². The lowest BCUT2D eigenvalue weighted by atomic mass is 9.78. The summed E-state index contributed by atoms with van der Waals surface area (Å²) in [7, 11) is 2.21. The van der Waals surface area contributed by atoms with E-state index in [2.05, 4.69) is 24.1 Å². The highest BCUT2D eigenvalue weighted by Gasteiger charge is 2.39. The maximum atomic E-state index is 6.20. The molecule has 3 rings (SSSR count). The van der Waals surface area contributed by atoms with Gasteiger partial charge in [0.1, 0.15) is 0 Å². The molecule has 0 bridgehead atoms. The summed E-state index contributed by atoms with van der Waals surface area (Å²) in [5.74, 6) is 0. The largest absolute Gasteiger partial charge is 0.399 e. The van der Waals surface area contributed by atoms with E-state index in [0.717, 1.165) is 18.7 Å². The first-order valence-corrected chi connectivity index (χ1v) is 7.91. The van der Waals surface area contributed by atoms with Crippen LogP contribution >= 0.6 is 0 Å². The van der Waals surface area contributed by atoms with Gasteiger partial charge in [-0.2, -0.15) is 0 Å². The van der Waals surface area contributed by atoms with Crippen LogP contribution in [0.5, 0.6) is 0 Å². The molecular weight excluding hydrogens is 248 g/mol. The summed E-state index contributed by atoms with van der Waals surface area (Å²) in [6.07, 6.45) is 8.84. The molecular formula is C17H26N2O. The molecule has 1 heterocycles. The molecule has 1 aromatic carbocycles. The maximum Gasteiger partial charge on any atom is 0.0702 e. The van der Waals surface area contributed by atoms with Crippen molar-refractivity contribution in [3.63, 3.8) is 0 Å². The first-order valence-electron chi connectivity index (χ1n) is 7.91. The van der Waals surface area contributed by atoms with Crippen molar-refractivity contribution in [3.8, 4) is 0 Å². The number of nitrogens with zero attached hydrogens (tertiary/aromatic N) is 1. The average molecular weight is 274 g/mol. The summed E-state index contributed by atoms with van der Waals surface area (Å²) in [6, 6.07) is 8.81. The molecule has 110 valence electrons. The second kappa shape index (κ2) is 5.65. The molecule has 1 atom stereocenters. The minimum Gasteiger partial charge on any atom is -0.399 e. The van der Waals surface area contributed by atoms with Gasteiger partial charge in [-0.05, 0) is 49.9 Å². The van der Waals surface area contributed by atoms with Gasteiger partial charge in [0.25, 0.3) is 0 Å². The predicted octanol–water partition coefficient (Wildman–Crippen LogP) is 3.59. The predicted molar refractivity (Wildman–Crippen MR) is 84.0 cm³/mol. The Hall–Kier alpha value is -1.22. The van der Waals surface area contributed by atoms with Gasteiger partial charge in [-0.25, -0.2) is 0 Å². The van der Waals surface area contributed by atoms with Crippen molar-refractivity contribution in [2.45, 2.75) is 56.6 Å². The molecule has 0 amide bonds. The van der Waals surface area contributed by atoms with Crippen LogP contribution < -0.4 is 10.6 Å². The van der Waals surface area contributed by atoms with Crippen LogP contribution in [0.25, 0.3) is 0 Å². The molecule has 3 heteroatoms. The molecule has 2 fully saturated rings. The highest BCUT2D eigenvalue weighted by atomic mass is 16.5. The van der Waals surface area contributed by atoms with Crippen LogP contribution in [0.15, 0.2) is 24.3 Å². The zero-order valence-corrected chi connectivity index (χ0v) is 12.5. The van der Waals surface area contributed by atoms with Crippen molar-refractivity contribution < 1.29 is 4.74 Å². The fourth-order valence-corrected chi connectivity index (χ4v) is 3.80. The molecule has 1 aliphatic carbocycles. The third kappa shape index (κ3) is 2.78. The molecule has 1 saturated carbocycles. The zero-order chi connectivity index (χ0) is 14.0. The number of nitrogen functional groups attached to an aromatic ring is 1. The Labute approximate surface area is 122 Å². The van der Waals surface area contributed by atoms with Gasteiger partial charge in [0, 0.05) is 31.1 Å². The number of hydrogen-bond donors (Lipinski definition) is 1. The lowest BCUT2D eigenvalue weighted by Crippen LogP contribution is -2.48. The number of benzene rings is 1. The van der Waals surface area contributed by atoms with E-state index in [1.807, 2.05) is 12.1 Å². The van der Waals surface area contributed by atoms with E-state index < -0.39 is 0 Å². The van der Waals surface area contributed by atoms with Gasteiger partial charge in [0.05, 0.1) is 5.60 Å². The molecule has 1 saturated heterocycles. The van der Waals surface area contributed by atoms with Gasteiger partial charge in [0.2, 0.25) is 0 Å². The highest BCUT2D eigenvalue weighted by Crippen LogP contribution is 2.40. The molecule has 1 spiro atoms. The quantitative estimate of drug-likeness (QED) is 0.838. The number of ether oxygens (including phenoxy) is 1. The minimum atomic E-state index is 0.170. The summed E-state index contributed by atoms with van der Waals surface area (Å²) in [5, 5.41) is 0. The molecule has 2 N–H and O–H groups in total. The molecule has 2 aliphatic rings. The van der Waals surface area contributed by atoms with Gasteiger partial charge in [-0.1, -0.05) is 19.3 Å². The third-order valence-electron chi connectivity index (χ3n) is 5.08. The van der Waals surface area contributed by atoms with Gasteiger partial charge >= 0.3 is 0 Å². The molecule has 0 radical (unpaired) electrons. The molecule has 0 aromatic heterocycles. The third-order valence-corrected chi connectivity index (χ3v) is 5.08. The standard InChI is InChI=1S/C17H26N2O/c1-19(15-7-5-14(18)6-8-15)16-9-12-20-17(13-16)10-3-2-4-11-17/h5-8,16H,2-4,9-13,18H2,1H3. The SMILES string of the molecule is CN(c1ccc(N)cc1)C1CCOC2(CCCCC2)C1. The van der Waals surface area contributed by atoms with Crippen molar-refractivity contribution >= 4 is 11.4 Å². The molecule has 1 unspecified atom stereocenters. The van der Waals surface area contributed by atoms with Crippen molar-refractivity contribution in [2.24, 2.45) is 0 Å². The zero-order valence-electron chi connectivity index (χ0n) is 12.5. The summed E-state index contributed by atoms with van der Waals surface area (Å²) < 4.78 is 6.20. The van der Waals surface area contributed by atoms with Crippen molar-refractivity contribution in [2.75, 3.05) is 24.3 Å². The Kier molecular flexibility index (Phi) is 3.88. The molecule has 1 aliphatic heterocycles. The summed E-state index contributed by atoms with van der Waals surface area (Å²) in [5.41, 5.74) is 8.04. The normalized spacial score (nSPS) is 25.6. The van der Waals surface area contributed by atoms with E-state index in [0.29, 0.717) is 6.04 Å². The highest BCUT2D eigenvalue weighted by molar-refractivity contribution is 5.53. The lowest BCUT2D eigenvalue weighted by molar-refractivity contribution is -0.105. The van der Waals surface area contributed by atoms with Crippen molar-refractivity contribution in [1.82, 2.24) is 0 Å². The topological polar surface area (TPSA) is 38.5 Å². The van der Waals surface area contributed by atoms with Gasteiger partial charge < -0.3 is 15.4 Å². The van der Waals surface area contributed by atoms with Crippen LogP contribution in [0.4, 0.5) is 11.4 Å². The van der Waals surface area contributed by atoms with Crippen molar-refractivity contribution in [1.29, 1.82) is 0 Å². The van der Waals surface area contributed by atoms with E-state index in [1.54, 1.807) is 0 Å². The van der Waals surface area contributed by atoms with Crippen LogP contribution in [-0.2, 0) is 4.74 Å². The van der Waals surface area contributed by atoms with Crippen LogP contribution in [0.2, 0.25) is 0 Å². The fraction of sp³-hybridized carbons (Fsp3) is 0.647. The molecule has 20 heavy (non-hydrogen) atoms.